The Kier molecular flexibility index (Phi) is 6.11. The summed E-state index contributed by atoms with van der Waals surface area (Å²) < 4.78 is 2.13. The summed E-state index contributed by atoms with van der Waals surface area (Å²) in [6.45, 7) is 9.44. The van der Waals surface area contributed by atoms with Crippen molar-refractivity contribution >= 4 is 11.7 Å². The zero-order valence-corrected chi connectivity index (χ0v) is 16.6. The summed E-state index contributed by atoms with van der Waals surface area (Å²) in [7, 11) is 0. The standard InChI is InChI=1S/C22H29N3O2/c1-4-8-22(27)24-13-11-23(12-14-24)16-21(26)20-15-17(2)25(18(20)3)19-9-6-5-7-10-19/h5-7,9-10,15H,4,8,11-14,16H2,1-3H3. The van der Waals surface area contributed by atoms with Gasteiger partial charge in [0.1, 0.15) is 0 Å². The molecule has 0 N–H and O–H groups in total. The number of carbonyl (C=O) groups excluding carboxylic acids is 2. The van der Waals surface area contributed by atoms with Gasteiger partial charge in [0.25, 0.3) is 0 Å². The highest BCUT2D eigenvalue weighted by Crippen LogP contribution is 2.21. The average molecular weight is 367 g/mol. The number of nitrogens with zero attached hydrogens (tertiary/aromatic N) is 3. The molecule has 27 heavy (non-hydrogen) atoms. The number of hydrogen-bond acceptors (Lipinski definition) is 3. The molecule has 1 saturated heterocycles. The Labute approximate surface area is 161 Å². The highest BCUT2D eigenvalue weighted by Gasteiger charge is 2.24. The Bertz CT molecular complexity index is 802. The smallest absolute Gasteiger partial charge is 0.222 e. The minimum atomic E-state index is 0.151. The number of para-hydroxylation sites is 1. The Morgan fingerprint density at radius 1 is 1.00 bits per heavy atom. The lowest BCUT2D eigenvalue weighted by molar-refractivity contribution is -0.132. The van der Waals surface area contributed by atoms with E-state index in [0.29, 0.717) is 13.0 Å². The average Bonchev–Trinajstić information content (AvgIpc) is 2.97. The third-order valence-electron chi connectivity index (χ3n) is 5.30. The topological polar surface area (TPSA) is 45.6 Å². The van der Waals surface area contributed by atoms with Crippen molar-refractivity contribution in [3.05, 3.63) is 53.3 Å². The van der Waals surface area contributed by atoms with E-state index in [1.807, 2.05) is 49.9 Å². The largest absolute Gasteiger partial charge is 0.340 e. The molecule has 1 amide bonds. The molecule has 5 heteroatoms. The van der Waals surface area contributed by atoms with Crippen molar-refractivity contribution < 1.29 is 9.59 Å². The number of carbonyl (C=O) groups is 2. The quantitative estimate of drug-likeness (QED) is 0.737. The van der Waals surface area contributed by atoms with Gasteiger partial charge in [0.05, 0.1) is 6.54 Å². The highest BCUT2D eigenvalue weighted by molar-refractivity contribution is 5.99. The fourth-order valence-corrected chi connectivity index (χ4v) is 3.84. The maximum atomic E-state index is 12.9. The minimum Gasteiger partial charge on any atom is -0.340 e. The van der Waals surface area contributed by atoms with Crippen LogP contribution in [0.1, 0.15) is 41.5 Å². The fraction of sp³-hybridized carbons (Fsp3) is 0.455. The van der Waals surface area contributed by atoms with Crippen LogP contribution in [-0.4, -0.2) is 58.8 Å². The molecule has 0 spiro atoms. The van der Waals surface area contributed by atoms with Crippen LogP contribution >= 0.6 is 0 Å². The van der Waals surface area contributed by atoms with Crippen LogP contribution in [0.3, 0.4) is 0 Å². The van der Waals surface area contributed by atoms with E-state index in [4.69, 9.17) is 0 Å². The van der Waals surface area contributed by atoms with Crippen molar-refractivity contribution in [3.63, 3.8) is 0 Å². The molecule has 3 rings (SSSR count). The molecule has 1 aliphatic rings. The summed E-state index contributed by atoms with van der Waals surface area (Å²) in [6, 6.07) is 12.1. The lowest BCUT2D eigenvalue weighted by Gasteiger charge is -2.34. The van der Waals surface area contributed by atoms with E-state index in [2.05, 4.69) is 21.6 Å². The van der Waals surface area contributed by atoms with Gasteiger partial charge < -0.3 is 9.47 Å². The highest BCUT2D eigenvalue weighted by atomic mass is 16.2. The normalized spacial score (nSPS) is 15.1. The van der Waals surface area contributed by atoms with E-state index in [9.17, 15) is 9.59 Å². The Hall–Kier alpha value is -2.40. The molecule has 1 aromatic heterocycles. The Balaban J connectivity index is 1.65. The minimum absolute atomic E-state index is 0.151. The molecule has 1 aliphatic heterocycles. The van der Waals surface area contributed by atoms with E-state index in [1.165, 1.54) is 0 Å². The van der Waals surface area contributed by atoms with Crippen molar-refractivity contribution in [1.29, 1.82) is 0 Å². The van der Waals surface area contributed by atoms with E-state index >= 15 is 0 Å². The first-order chi connectivity index (χ1) is 13.0. The lowest BCUT2D eigenvalue weighted by atomic mass is 10.1. The number of Topliss-reactive ketones (excluding diaryl/α,β-unsaturated/α-hetero) is 1. The van der Waals surface area contributed by atoms with Gasteiger partial charge in [-0.3, -0.25) is 14.5 Å². The first-order valence-electron chi connectivity index (χ1n) is 9.79. The Morgan fingerprint density at radius 2 is 1.67 bits per heavy atom. The van der Waals surface area contributed by atoms with Crippen LogP contribution in [0.2, 0.25) is 0 Å². The van der Waals surface area contributed by atoms with E-state index in [0.717, 1.165) is 55.2 Å². The second kappa shape index (κ2) is 8.53. The van der Waals surface area contributed by atoms with Gasteiger partial charge in [0.2, 0.25) is 5.91 Å². The first kappa shape index (κ1) is 19.4. The van der Waals surface area contributed by atoms with Gasteiger partial charge in [0.15, 0.2) is 5.78 Å². The van der Waals surface area contributed by atoms with Gasteiger partial charge in [-0.1, -0.05) is 25.1 Å². The van der Waals surface area contributed by atoms with E-state index in [-0.39, 0.29) is 11.7 Å². The van der Waals surface area contributed by atoms with Crippen molar-refractivity contribution in [2.45, 2.75) is 33.6 Å². The van der Waals surface area contributed by atoms with Crippen LogP contribution in [-0.2, 0) is 4.79 Å². The molecule has 1 aromatic carbocycles. The maximum Gasteiger partial charge on any atom is 0.222 e. The first-order valence-corrected chi connectivity index (χ1v) is 9.79. The van der Waals surface area contributed by atoms with Crippen molar-refractivity contribution in [3.8, 4) is 5.69 Å². The number of ketones is 1. The molecule has 2 heterocycles. The van der Waals surface area contributed by atoms with Crippen LogP contribution < -0.4 is 0 Å². The van der Waals surface area contributed by atoms with Crippen LogP contribution in [0.25, 0.3) is 5.69 Å². The fourth-order valence-electron chi connectivity index (χ4n) is 3.84. The zero-order valence-electron chi connectivity index (χ0n) is 16.6. The Morgan fingerprint density at radius 3 is 2.30 bits per heavy atom. The number of hydrogen-bond donors (Lipinski definition) is 0. The summed E-state index contributed by atoms with van der Waals surface area (Å²) in [5, 5.41) is 0. The van der Waals surface area contributed by atoms with E-state index < -0.39 is 0 Å². The predicted molar refractivity (Wildman–Crippen MR) is 108 cm³/mol. The van der Waals surface area contributed by atoms with Crippen molar-refractivity contribution in [2.24, 2.45) is 0 Å². The molecule has 5 nitrogen and oxygen atoms in total. The van der Waals surface area contributed by atoms with Crippen molar-refractivity contribution in [2.75, 3.05) is 32.7 Å². The third-order valence-corrected chi connectivity index (χ3v) is 5.30. The molecular formula is C22H29N3O2. The molecule has 0 saturated carbocycles. The molecular weight excluding hydrogens is 338 g/mol. The molecule has 0 atom stereocenters. The van der Waals surface area contributed by atoms with Gasteiger partial charge in [-0.05, 0) is 38.5 Å². The molecule has 0 unspecified atom stereocenters. The van der Waals surface area contributed by atoms with Gasteiger partial charge in [-0.2, -0.15) is 0 Å². The second-order valence-corrected chi connectivity index (χ2v) is 7.29. The summed E-state index contributed by atoms with van der Waals surface area (Å²) in [4.78, 5) is 29.0. The summed E-state index contributed by atoms with van der Waals surface area (Å²) >= 11 is 0. The molecule has 0 aliphatic carbocycles. The molecule has 1 fully saturated rings. The SMILES string of the molecule is CCCC(=O)N1CCN(CC(=O)c2cc(C)n(-c3ccccc3)c2C)CC1. The lowest BCUT2D eigenvalue weighted by Crippen LogP contribution is -2.49. The predicted octanol–water partition coefficient (Wildman–Crippen LogP) is 3.22. The van der Waals surface area contributed by atoms with Gasteiger partial charge in [-0.15, -0.1) is 0 Å². The molecule has 0 bridgehead atoms. The number of aromatic nitrogens is 1. The van der Waals surface area contributed by atoms with Crippen LogP contribution in [0.15, 0.2) is 36.4 Å². The summed E-state index contributed by atoms with van der Waals surface area (Å²) in [6.07, 6.45) is 1.50. The monoisotopic (exact) mass is 367 g/mol. The van der Waals surface area contributed by atoms with Gasteiger partial charge >= 0.3 is 0 Å². The van der Waals surface area contributed by atoms with Crippen LogP contribution in [0.5, 0.6) is 0 Å². The summed E-state index contributed by atoms with van der Waals surface area (Å²) in [5.41, 5.74) is 3.92. The number of rotatable bonds is 6. The third kappa shape index (κ3) is 4.30. The summed E-state index contributed by atoms with van der Waals surface area (Å²) in [5.74, 6) is 0.383. The number of piperazine rings is 1. The number of benzene rings is 1. The van der Waals surface area contributed by atoms with Crippen LogP contribution in [0, 0.1) is 13.8 Å². The second-order valence-electron chi connectivity index (χ2n) is 7.29. The number of aryl methyl sites for hydroxylation is 1. The van der Waals surface area contributed by atoms with Gasteiger partial charge in [-0.25, -0.2) is 0 Å². The van der Waals surface area contributed by atoms with Gasteiger partial charge in [0, 0.05) is 55.2 Å². The zero-order chi connectivity index (χ0) is 19.4. The van der Waals surface area contributed by atoms with Crippen LogP contribution in [0.4, 0.5) is 0 Å². The number of amides is 1. The molecule has 144 valence electrons. The van der Waals surface area contributed by atoms with E-state index in [1.54, 1.807) is 0 Å². The molecule has 0 radical (unpaired) electrons. The molecule has 2 aromatic rings. The van der Waals surface area contributed by atoms with Crippen molar-refractivity contribution in [1.82, 2.24) is 14.4 Å². The maximum absolute atomic E-state index is 12.9.